The zero-order valence-electron chi connectivity index (χ0n) is 13.8. The van der Waals surface area contributed by atoms with E-state index < -0.39 is 11.6 Å². The van der Waals surface area contributed by atoms with Crippen molar-refractivity contribution in [2.75, 3.05) is 17.2 Å². The Balaban J connectivity index is 2.00. The molecule has 2 aromatic carbocycles. The maximum atomic E-state index is 13.9. The van der Waals surface area contributed by atoms with Gasteiger partial charge < -0.3 is 10.6 Å². The van der Waals surface area contributed by atoms with E-state index in [9.17, 15) is 8.78 Å². The van der Waals surface area contributed by atoms with Crippen molar-refractivity contribution in [2.24, 2.45) is 0 Å². The molecule has 3 aromatic rings. The molecule has 6 heteroatoms. The standard InChI is InChI=1S/C19H18F2N4/c1-2-11-22-19-23-16(13-7-4-3-5-8-13)12-17(25-19)24-18-14(20)9-6-10-15(18)21/h3-10,12H,2,11H2,1H3,(H2,22,23,24,25). The van der Waals surface area contributed by atoms with Gasteiger partial charge in [0, 0.05) is 18.2 Å². The van der Waals surface area contributed by atoms with Crippen LogP contribution in [0.4, 0.5) is 26.2 Å². The van der Waals surface area contributed by atoms with E-state index in [1.807, 2.05) is 37.3 Å². The molecule has 25 heavy (non-hydrogen) atoms. The van der Waals surface area contributed by atoms with Crippen molar-refractivity contribution in [1.29, 1.82) is 0 Å². The largest absolute Gasteiger partial charge is 0.354 e. The summed E-state index contributed by atoms with van der Waals surface area (Å²) < 4.78 is 27.8. The van der Waals surface area contributed by atoms with Crippen LogP contribution in [0.1, 0.15) is 13.3 Å². The highest BCUT2D eigenvalue weighted by Crippen LogP contribution is 2.26. The van der Waals surface area contributed by atoms with Crippen LogP contribution in [-0.4, -0.2) is 16.5 Å². The van der Waals surface area contributed by atoms with Gasteiger partial charge in [-0.25, -0.2) is 13.8 Å². The van der Waals surface area contributed by atoms with Crippen molar-refractivity contribution in [3.63, 3.8) is 0 Å². The highest BCUT2D eigenvalue weighted by Gasteiger charge is 2.12. The summed E-state index contributed by atoms with van der Waals surface area (Å²) in [5, 5.41) is 5.84. The van der Waals surface area contributed by atoms with Crippen LogP contribution in [0.25, 0.3) is 11.3 Å². The van der Waals surface area contributed by atoms with Crippen LogP contribution in [0.3, 0.4) is 0 Å². The molecule has 0 aliphatic heterocycles. The summed E-state index contributed by atoms with van der Waals surface area (Å²) in [6.07, 6.45) is 0.906. The quantitative estimate of drug-likeness (QED) is 0.664. The molecule has 0 fully saturated rings. The third kappa shape index (κ3) is 4.09. The number of nitrogens with zero attached hydrogens (tertiary/aromatic N) is 2. The van der Waals surface area contributed by atoms with E-state index >= 15 is 0 Å². The smallest absolute Gasteiger partial charge is 0.225 e. The lowest BCUT2D eigenvalue weighted by atomic mass is 10.1. The zero-order valence-corrected chi connectivity index (χ0v) is 13.8. The average molecular weight is 340 g/mol. The number of hydrogen-bond acceptors (Lipinski definition) is 4. The third-order valence-corrected chi connectivity index (χ3v) is 3.54. The molecule has 0 saturated carbocycles. The van der Waals surface area contributed by atoms with E-state index in [1.165, 1.54) is 18.2 Å². The minimum atomic E-state index is -0.678. The van der Waals surface area contributed by atoms with E-state index in [0.29, 0.717) is 24.0 Å². The lowest BCUT2D eigenvalue weighted by Crippen LogP contribution is -2.07. The number of nitrogens with one attached hydrogen (secondary N) is 2. The number of hydrogen-bond donors (Lipinski definition) is 2. The number of anilines is 3. The maximum absolute atomic E-state index is 13.9. The maximum Gasteiger partial charge on any atom is 0.225 e. The average Bonchev–Trinajstić information content (AvgIpc) is 2.64. The Morgan fingerprint density at radius 1 is 0.920 bits per heavy atom. The lowest BCUT2D eigenvalue weighted by Gasteiger charge is -2.12. The fraction of sp³-hybridized carbons (Fsp3) is 0.158. The number of rotatable bonds is 6. The van der Waals surface area contributed by atoms with Gasteiger partial charge in [0.05, 0.1) is 5.69 Å². The highest BCUT2D eigenvalue weighted by atomic mass is 19.1. The van der Waals surface area contributed by atoms with Crippen LogP contribution in [-0.2, 0) is 0 Å². The van der Waals surface area contributed by atoms with Crippen LogP contribution in [0, 0.1) is 11.6 Å². The molecule has 0 aliphatic carbocycles. The van der Waals surface area contributed by atoms with Gasteiger partial charge in [-0.3, -0.25) is 0 Å². The fourth-order valence-corrected chi connectivity index (χ4v) is 2.33. The zero-order chi connectivity index (χ0) is 17.6. The minimum Gasteiger partial charge on any atom is -0.354 e. The summed E-state index contributed by atoms with van der Waals surface area (Å²) in [4.78, 5) is 8.79. The molecule has 0 radical (unpaired) electrons. The summed E-state index contributed by atoms with van der Waals surface area (Å²) in [6, 6.07) is 14.9. The fourth-order valence-electron chi connectivity index (χ4n) is 2.33. The second-order valence-corrected chi connectivity index (χ2v) is 5.48. The normalized spacial score (nSPS) is 10.5. The summed E-state index contributed by atoms with van der Waals surface area (Å²) in [5.41, 5.74) is 1.32. The van der Waals surface area contributed by atoms with Gasteiger partial charge in [-0.2, -0.15) is 4.98 Å². The molecular formula is C19H18F2N4. The Kier molecular flexibility index (Phi) is 5.18. The van der Waals surface area contributed by atoms with Gasteiger partial charge in [0.25, 0.3) is 0 Å². The molecule has 1 aromatic heterocycles. The van der Waals surface area contributed by atoms with Gasteiger partial charge >= 0.3 is 0 Å². The van der Waals surface area contributed by atoms with Gasteiger partial charge in [0.2, 0.25) is 5.95 Å². The molecule has 128 valence electrons. The monoisotopic (exact) mass is 340 g/mol. The first-order valence-corrected chi connectivity index (χ1v) is 8.07. The highest BCUT2D eigenvalue weighted by molar-refractivity contribution is 5.67. The number of benzene rings is 2. The Bertz CT molecular complexity index is 833. The van der Waals surface area contributed by atoms with Gasteiger partial charge in [0.15, 0.2) is 0 Å². The molecule has 0 aliphatic rings. The lowest BCUT2D eigenvalue weighted by molar-refractivity contribution is 0.590. The molecule has 0 saturated heterocycles. The van der Waals surface area contributed by atoms with E-state index in [1.54, 1.807) is 6.07 Å². The molecule has 4 nitrogen and oxygen atoms in total. The van der Waals surface area contributed by atoms with Gasteiger partial charge in [-0.1, -0.05) is 43.3 Å². The van der Waals surface area contributed by atoms with Crippen molar-refractivity contribution in [3.05, 3.63) is 66.2 Å². The molecule has 0 atom stereocenters. The SMILES string of the molecule is CCCNc1nc(Nc2c(F)cccc2F)cc(-c2ccccc2)n1. The van der Waals surface area contributed by atoms with Crippen LogP contribution >= 0.6 is 0 Å². The van der Waals surface area contributed by atoms with Crippen molar-refractivity contribution in [2.45, 2.75) is 13.3 Å². The molecule has 1 heterocycles. The first-order chi connectivity index (χ1) is 12.2. The Morgan fingerprint density at radius 2 is 1.64 bits per heavy atom. The van der Waals surface area contributed by atoms with Gasteiger partial charge in [-0.05, 0) is 18.6 Å². The topological polar surface area (TPSA) is 49.8 Å². The Labute approximate surface area is 145 Å². The first kappa shape index (κ1) is 16.8. The van der Waals surface area contributed by atoms with E-state index in [2.05, 4.69) is 20.6 Å². The van der Waals surface area contributed by atoms with Crippen molar-refractivity contribution in [1.82, 2.24) is 9.97 Å². The molecule has 0 amide bonds. The number of halogens is 2. The predicted octanol–water partition coefficient (Wildman–Crippen LogP) is 4.99. The summed E-state index contributed by atoms with van der Waals surface area (Å²) in [7, 11) is 0. The molecule has 0 spiro atoms. The van der Waals surface area contributed by atoms with Crippen LogP contribution in [0.2, 0.25) is 0 Å². The van der Waals surface area contributed by atoms with Crippen molar-refractivity contribution >= 4 is 17.5 Å². The van der Waals surface area contributed by atoms with Crippen molar-refractivity contribution < 1.29 is 8.78 Å². The van der Waals surface area contributed by atoms with Gasteiger partial charge in [0.1, 0.15) is 23.1 Å². The summed E-state index contributed by atoms with van der Waals surface area (Å²) in [5.74, 6) is -0.634. The van der Waals surface area contributed by atoms with Gasteiger partial charge in [-0.15, -0.1) is 0 Å². The van der Waals surface area contributed by atoms with E-state index in [4.69, 9.17) is 0 Å². The molecule has 3 rings (SSSR count). The molecule has 0 unspecified atom stereocenters. The van der Waals surface area contributed by atoms with E-state index in [-0.39, 0.29) is 5.69 Å². The van der Waals surface area contributed by atoms with Crippen LogP contribution < -0.4 is 10.6 Å². The first-order valence-electron chi connectivity index (χ1n) is 8.07. The summed E-state index contributed by atoms with van der Waals surface area (Å²) >= 11 is 0. The van der Waals surface area contributed by atoms with Crippen LogP contribution in [0.5, 0.6) is 0 Å². The second-order valence-electron chi connectivity index (χ2n) is 5.48. The number of aromatic nitrogens is 2. The molecule has 2 N–H and O–H groups in total. The molecule has 0 bridgehead atoms. The predicted molar refractivity (Wildman–Crippen MR) is 95.9 cm³/mol. The van der Waals surface area contributed by atoms with Crippen molar-refractivity contribution in [3.8, 4) is 11.3 Å². The second kappa shape index (κ2) is 7.70. The number of para-hydroxylation sites is 1. The molecular weight excluding hydrogens is 322 g/mol. The minimum absolute atomic E-state index is 0.235. The van der Waals surface area contributed by atoms with Crippen LogP contribution in [0.15, 0.2) is 54.6 Å². The Morgan fingerprint density at radius 3 is 2.32 bits per heavy atom. The van der Waals surface area contributed by atoms with E-state index in [0.717, 1.165) is 12.0 Å². The third-order valence-electron chi connectivity index (χ3n) is 3.54. The Hall–Kier alpha value is -3.02. The summed E-state index contributed by atoms with van der Waals surface area (Å²) in [6.45, 7) is 2.73.